The average Bonchev–Trinajstić information content (AvgIpc) is 1.82. The summed E-state index contributed by atoms with van der Waals surface area (Å²) in [5.41, 5.74) is 1.00. The second-order valence-corrected chi connectivity index (χ2v) is 1.55. The van der Waals surface area contributed by atoms with Gasteiger partial charge < -0.3 is 0 Å². The van der Waals surface area contributed by atoms with Crippen molar-refractivity contribution in [2.75, 3.05) is 0 Å². The van der Waals surface area contributed by atoms with E-state index >= 15 is 0 Å². The van der Waals surface area contributed by atoms with Crippen molar-refractivity contribution in [2.24, 2.45) is 4.99 Å². The highest BCUT2D eigenvalue weighted by Crippen LogP contribution is 1.91. The number of nitrogens with zero attached hydrogens (tertiary/aromatic N) is 2. The summed E-state index contributed by atoms with van der Waals surface area (Å²) in [5.74, 6) is 0. The maximum atomic E-state index is 8.34. The summed E-state index contributed by atoms with van der Waals surface area (Å²) in [6, 6.07) is 1.88. The summed E-state index contributed by atoms with van der Waals surface area (Å²) in [6.07, 6.45) is 1.33. The largest absolute Gasteiger partial charge is 0.246 e. The zero-order valence-electron chi connectivity index (χ0n) is 5.39. The molecular formula is C7H8N2. The van der Waals surface area contributed by atoms with Gasteiger partial charge in [-0.05, 0) is 12.5 Å². The van der Waals surface area contributed by atoms with Crippen LogP contribution >= 0.6 is 0 Å². The second kappa shape index (κ2) is 3.62. The summed E-state index contributed by atoms with van der Waals surface area (Å²) >= 11 is 0. The number of nitriles is 1. The van der Waals surface area contributed by atoms with E-state index in [2.05, 4.69) is 18.2 Å². The zero-order valence-corrected chi connectivity index (χ0v) is 5.39. The normalized spacial score (nSPS) is 10.0. The molecule has 0 amide bonds. The van der Waals surface area contributed by atoms with Gasteiger partial charge in [-0.25, -0.2) is 4.99 Å². The Morgan fingerprint density at radius 2 is 2.33 bits per heavy atom. The predicted molar refractivity (Wildman–Crippen MR) is 38.1 cm³/mol. The molecule has 0 aliphatic heterocycles. The van der Waals surface area contributed by atoms with Gasteiger partial charge in [-0.1, -0.05) is 13.2 Å². The molecule has 0 aliphatic carbocycles. The maximum Gasteiger partial charge on any atom is 0.142 e. The van der Waals surface area contributed by atoms with Crippen LogP contribution in [0, 0.1) is 11.3 Å². The number of hydrogen-bond acceptors (Lipinski definition) is 2. The van der Waals surface area contributed by atoms with Crippen LogP contribution in [0.1, 0.15) is 6.92 Å². The van der Waals surface area contributed by atoms with E-state index in [0.29, 0.717) is 11.3 Å². The van der Waals surface area contributed by atoms with Crippen LogP contribution < -0.4 is 0 Å². The van der Waals surface area contributed by atoms with E-state index in [1.54, 1.807) is 6.92 Å². The van der Waals surface area contributed by atoms with E-state index in [-0.39, 0.29) is 0 Å². The molecule has 0 atom stereocenters. The number of rotatable bonds is 2. The Morgan fingerprint density at radius 3 is 2.44 bits per heavy atom. The second-order valence-electron chi connectivity index (χ2n) is 1.55. The van der Waals surface area contributed by atoms with Crippen LogP contribution in [0.4, 0.5) is 0 Å². The van der Waals surface area contributed by atoms with Gasteiger partial charge in [0.2, 0.25) is 0 Å². The Kier molecular flexibility index (Phi) is 3.07. The highest BCUT2D eigenvalue weighted by molar-refractivity contribution is 6.10. The molecule has 0 aromatic rings. The highest BCUT2D eigenvalue weighted by Gasteiger charge is 1.92. The van der Waals surface area contributed by atoms with E-state index in [9.17, 15) is 0 Å². The fraction of sp³-hybridized carbons (Fsp3) is 0.143. The molecule has 0 aliphatic rings. The molecule has 0 radical (unpaired) electrons. The monoisotopic (exact) mass is 120 g/mol. The fourth-order valence-corrected chi connectivity index (χ4v) is 0.326. The van der Waals surface area contributed by atoms with Gasteiger partial charge >= 0.3 is 0 Å². The van der Waals surface area contributed by atoms with Crippen molar-refractivity contribution in [3.05, 3.63) is 24.9 Å². The van der Waals surface area contributed by atoms with Crippen molar-refractivity contribution in [3.8, 4) is 6.07 Å². The number of hydrogen-bond donors (Lipinski definition) is 0. The Morgan fingerprint density at radius 1 is 1.78 bits per heavy atom. The molecule has 0 saturated carbocycles. The summed E-state index contributed by atoms with van der Waals surface area (Å²) < 4.78 is 0. The van der Waals surface area contributed by atoms with Crippen molar-refractivity contribution < 1.29 is 0 Å². The smallest absolute Gasteiger partial charge is 0.142 e. The first-order chi connectivity index (χ1) is 4.22. The molecule has 0 unspecified atom stereocenters. The van der Waals surface area contributed by atoms with Crippen LogP contribution in [0.15, 0.2) is 29.9 Å². The molecule has 46 valence electrons. The lowest BCUT2D eigenvalue weighted by atomic mass is 10.2. The van der Waals surface area contributed by atoms with Crippen molar-refractivity contribution in [2.45, 2.75) is 6.92 Å². The number of allylic oxidation sites excluding steroid dienone is 1. The fourth-order valence-electron chi connectivity index (χ4n) is 0.326. The van der Waals surface area contributed by atoms with Gasteiger partial charge in [-0.2, -0.15) is 5.26 Å². The summed E-state index contributed by atoms with van der Waals surface area (Å²) in [4.78, 5) is 3.66. The first kappa shape index (κ1) is 7.64. The molecule has 0 aromatic heterocycles. The Balaban J connectivity index is 4.38. The van der Waals surface area contributed by atoms with Gasteiger partial charge in [0.05, 0.1) is 0 Å². The lowest BCUT2D eigenvalue weighted by Gasteiger charge is -1.88. The van der Waals surface area contributed by atoms with Crippen LogP contribution in [0.2, 0.25) is 0 Å². The van der Waals surface area contributed by atoms with Crippen molar-refractivity contribution in [1.29, 1.82) is 5.26 Å². The molecular weight excluding hydrogens is 112 g/mol. The minimum absolute atomic E-state index is 0.338. The molecule has 0 N–H and O–H groups in total. The Labute approximate surface area is 54.8 Å². The molecule has 9 heavy (non-hydrogen) atoms. The molecule has 0 bridgehead atoms. The van der Waals surface area contributed by atoms with Crippen LogP contribution in [-0.4, -0.2) is 5.71 Å². The van der Waals surface area contributed by atoms with Gasteiger partial charge in [-0.3, -0.25) is 0 Å². The third-order valence-corrected chi connectivity index (χ3v) is 0.731. The first-order valence-corrected chi connectivity index (χ1v) is 2.47. The molecule has 2 heteroatoms. The Hall–Kier alpha value is -1.36. The standard InChI is InChI=1S/C7H8N2/c1-4-9-7(5-8)6(2)3/h4H,1-2H2,3H3. The van der Waals surface area contributed by atoms with E-state index in [1.165, 1.54) is 6.20 Å². The topological polar surface area (TPSA) is 36.1 Å². The molecule has 2 nitrogen and oxygen atoms in total. The van der Waals surface area contributed by atoms with Gasteiger partial charge in [0.25, 0.3) is 0 Å². The van der Waals surface area contributed by atoms with E-state index in [0.717, 1.165) is 0 Å². The minimum atomic E-state index is 0.338. The molecule has 0 heterocycles. The Bertz CT molecular complexity index is 193. The maximum absolute atomic E-state index is 8.34. The van der Waals surface area contributed by atoms with Crippen molar-refractivity contribution in [1.82, 2.24) is 0 Å². The zero-order chi connectivity index (χ0) is 7.28. The van der Waals surface area contributed by atoms with E-state index < -0.39 is 0 Å². The summed E-state index contributed by atoms with van der Waals surface area (Å²) in [6.45, 7) is 8.62. The quantitative estimate of drug-likeness (QED) is 0.510. The van der Waals surface area contributed by atoms with Crippen molar-refractivity contribution >= 4 is 5.71 Å². The minimum Gasteiger partial charge on any atom is -0.246 e. The van der Waals surface area contributed by atoms with Crippen LogP contribution in [-0.2, 0) is 0 Å². The molecule has 0 aromatic carbocycles. The average molecular weight is 120 g/mol. The highest BCUT2D eigenvalue weighted by atomic mass is 14.7. The summed E-state index contributed by atoms with van der Waals surface area (Å²) in [5, 5.41) is 8.34. The third kappa shape index (κ3) is 2.45. The van der Waals surface area contributed by atoms with Gasteiger partial charge in [0.15, 0.2) is 0 Å². The van der Waals surface area contributed by atoms with Gasteiger partial charge in [0, 0.05) is 6.20 Å². The molecule has 0 rings (SSSR count). The van der Waals surface area contributed by atoms with E-state index in [4.69, 9.17) is 5.26 Å². The molecule has 0 saturated heterocycles. The van der Waals surface area contributed by atoms with E-state index in [1.807, 2.05) is 6.07 Å². The van der Waals surface area contributed by atoms with Gasteiger partial charge in [0.1, 0.15) is 11.8 Å². The van der Waals surface area contributed by atoms with Crippen molar-refractivity contribution in [3.63, 3.8) is 0 Å². The van der Waals surface area contributed by atoms with Gasteiger partial charge in [-0.15, -0.1) is 0 Å². The lowest BCUT2D eigenvalue weighted by molar-refractivity contribution is 1.48. The van der Waals surface area contributed by atoms with Crippen LogP contribution in [0.25, 0.3) is 0 Å². The lowest BCUT2D eigenvalue weighted by Crippen LogP contribution is -1.92. The molecule has 0 fully saturated rings. The summed E-state index contributed by atoms with van der Waals surface area (Å²) in [7, 11) is 0. The SMILES string of the molecule is C=CN=C(C#N)C(=C)C. The number of aliphatic imine (C=N–C) groups is 1. The predicted octanol–water partition coefficient (Wildman–Crippen LogP) is 1.67. The first-order valence-electron chi connectivity index (χ1n) is 2.47. The van der Waals surface area contributed by atoms with Crippen LogP contribution in [0.3, 0.4) is 0 Å². The molecule has 0 spiro atoms. The van der Waals surface area contributed by atoms with Crippen LogP contribution in [0.5, 0.6) is 0 Å². The third-order valence-electron chi connectivity index (χ3n) is 0.731.